The predicted octanol–water partition coefficient (Wildman–Crippen LogP) is 4.23. The van der Waals surface area contributed by atoms with E-state index in [-0.39, 0.29) is 11.9 Å². The van der Waals surface area contributed by atoms with Gasteiger partial charge in [0.25, 0.3) is 0 Å². The number of nitrogens with zero attached hydrogens (tertiary/aromatic N) is 4. The topological polar surface area (TPSA) is 46.0 Å². The summed E-state index contributed by atoms with van der Waals surface area (Å²) in [7, 11) is 0. The van der Waals surface area contributed by atoms with Crippen LogP contribution in [0.5, 0.6) is 0 Å². The fourth-order valence-corrected chi connectivity index (χ4v) is 4.43. The van der Waals surface area contributed by atoms with E-state index in [4.69, 9.17) is 0 Å². The van der Waals surface area contributed by atoms with Crippen molar-refractivity contribution in [3.05, 3.63) is 58.6 Å². The maximum absolute atomic E-state index is 13.5. The molecule has 0 bridgehead atoms. The number of nitrogens with one attached hydrogen (secondary N) is 1. The Labute approximate surface area is 162 Å². The van der Waals surface area contributed by atoms with Crippen molar-refractivity contribution in [3.8, 4) is 5.69 Å². The predicted molar refractivity (Wildman–Crippen MR) is 107 cm³/mol. The summed E-state index contributed by atoms with van der Waals surface area (Å²) in [5.41, 5.74) is 2.87. The Morgan fingerprint density at radius 2 is 2.07 bits per heavy atom. The molecule has 1 aliphatic rings. The van der Waals surface area contributed by atoms with Gasteiger partial charge in [0.1, 0.15) is 5.82 Å². The van der Waals surface area contributed by atoms with Crippen molar-refractivity contribution in [3.63, 3.8) is 0 Å². The second-order valence-corrected chi connectivity index (χ2v) is 8.08. The molecule has 142 valence electrons. The molecule has 1 unspecified atom stereocenters. The van der Waals surface area contributed by atoms with Gasteiger partial charge in [-0.05, 0) is 44.9 Å². The molecule has 4 rings (SSSR count). The highest BCUT2D eigenvalue weighted by Crippen LogP contribution is 2.27. The first kappa shape index (κ1) is 18.1. The highest BCUT2D eigenvalue weighted by molar-refractivity contribution is 7.15. The van der Waals surface area contributed by atoms with Gasteiger partial charge in [-0.1, -0.05) is 6.07 Å². The zero-order valence-corrected chi connectivity index (χ0v) is 16.5. The molecule has 1 aromatic carbocycles. The van der Waals surface area contributed by atoms with Gasteiger partial charge in [-0.25, -0.2) is 14.1 Å². The van der Waals surface area contributed by atoms with Crippen molar-refractivity contribution in [1.29, 1.82) is 0 Å². The van der Waals surface area contributed by atoms with Crippen LogP contribution in [0.1, 0.15) is 41.9 Å². The first-order valence-electron chi connectivity index (χ1n) is 9.35. The van der Waals surface area contributed by atoms with E-state index in [0.29, 0.717) is 0 Å². The van der Waals surface area contributed by atoms with Gasteiger partial charge in [-0.2, -0.15) is 5.10 Å². The number of hydrogen-bond acceptors (Lipinski definition) is 5. The fraction of sp³-hybridized carbons (Fsp3) is 0.400. The SMILES string of the molecule is Cc1c(C(C)NCc2cnc(N3CCCC3)s2)cnn1-c1cccc(F)c1. The van der Waals surface area contributed by atoms with Crippen molar-refractivity contribution in [2.75, 3.05) is 18.0 Å². The molecule has 0 amide bonds. The number of anilines is 1. The first-order chi connectivity index (χ1) is 13.1. The standard InChI is InChI=1S/C20H24FN5S/c1-14(22-11-18-12-23-20(27-18)25-8-3-4-9-25)19-13-24-26(15(19)2)17-7-5-6-16(21)10-17/h5-7,10,12-14,22H,3-4,8-9,11H2,1-2H3. The van der Waals surface area contributed by atoms with E-state index in [1.807, 2.05) is 25.4 Å². The Kier molecular flexibility index (Phi) is 5.22. The van der Waals surface area contributed by atoms with Gasteiger partial charge in [-0.15, -0.1) is 11.3 Å². The van der Waals surface area contributed by atoms with Crippen molar-refractivity contribution >= 4 is 16.5 Å². The molecule has 3 aromatic rings. The van der Waals surface area contributed by atoms with E-state index in [2.05, 4.69) is 27.2 Å². The number of hydrogen-bond donors (Lipinski definition) is 1. The van der Waals surface area contributed by atoms with Crippen LogP contribution < -0.4 is 10.2 Å². The Balaban J connectivity index is 1.42. The maximum atomic E-state index is 13.5. The third kappa shape index (κ3) is 3.89. The molecule has 1 saturated heterocycles. The lowest BCUT2D eigenvalue weighted by molar-refractivity contribution is 0.575. The summed E-state index contributed by atoms with van der Waals surface area (Å²) < 4.78 is 15.3. The number of thiazole rings is 1. The van der Waals surface area contributed by atoms with E-state index in [9.17, 15) is 4.39 Å². The number of benzene rings is 1. The van der Waals surface area contributed by atoms with Crippen LogP contribution in [0.15, 0.2) is 36.7 Å². The van der Waals surface area contributed by atoms with Gasteiger partial charge in [0.2, 0.25) is 0 Å². The van der Waals surface area contributed by atoms with Gasteiger partial charge in [-0.3, -0.25) is 0 Å². The number of rotatable bonds is 6. The van der Waals surface area contributed by atoms with Crippen molar-refractivity contribution in [1.82, 2.24) is 20.1 Å². The van der Waals surface area contributed by atoms with Crippen molar-refractivity contribution in [2.24, 2.45) is 0 Å². The van der Waals surface area contributed by atoms with Gasteiger partial charge in [0.05, 0.1) is 11.9 Å². The molecule has 1 N–H and O–H groups in total. The quantitative estimate of drug-likeness (QED) is 0.690. The number of aromatic nitrogens is 3. The minimum absolute atomic E-state index is 0.143. The third-order valence-electron chi connectivity index (χ3n) is 5.07. The summed E-state index contributed by atoms with van der Waals surface area (Å²) in [5.74, 6) is -0.255. The summed E-state index contributed by atoms with van der Waals surface area (Å²) in [6.45, 7) is 7.16. The molecule has 27 heavy (non-hydrogen) atoms. The van der Waals surface area contributed by atoms with Crippen LogP contribution >= 0.6 is 11.3 Å². The molecular weight excluding hydrogens is 361 g/mol. The number of halogens is 1. The summed E-state index contributed by atoms with van der Waals surface area (Å²) in [6.07, 6.45) is 6.36. The lowest BCUT2D eigenvalue weighted by Crippen LogP contribution is -2.18. The van der Waals surface area contributed by atoms with E-state index >= 15 is 0 Å². The molecule has 1 aliphatic heterocycles. The molecule has 1 atom stereocenters. The van der Waals surface area contributed by atoms with Crippen LogP contribution in [0, 0.1) is 12.7 Å². The summed E-state index contributed by atoms with van der Waals surface area (Å²) in [5, 5.41) is 9.15. The maximum Gasteiger partial charge on any atom is 0.185 e. The smallest absolute Gasteiger partial charge is 0.185 e. The normalized spacial score (nSPS) is 15.4. The molecule has 0 radical (unpaired) electrons. The lowest BCUT2D eigenvalue weighted by Gasteiger charge is -2.14. The first-order valence-corrected chi connectivity index (χ1v) is 10.2. The molecular formula is C20H24FN5S. The van der Waals surface area contributed by atoms with E-state index in [1.54, 1.807) is 22.1 Å². The van der Waals surface area contributed by atoms with E-state index < -0.39 is 0 Å². The Morgan fingerprint density at radius 3 is 2.85 bits per heavy atom. The van der Waals surface area contributed by atoms with Crippen LogP contribution in [-0.4, -0.2) is 27.9 Å². The van der Waals surface area contributed by atoms with Gasteiger partial charge in [0, 0.05) is 48.0 Å². The Morgan fingerprint density at radius 1 is 1.26 bits per heavy atom. The molecule has 5 nitrogen and oxygen atoms in total. The van der Waals surface area contributed by atoms with Gasteiger partial charge >= 0.3 is 0 Å². The van der Waals surface area contributed by atoms with Gasteiger partial charge < -0.3 is 10.2 Å². The minimum atomic E-state index is -0.255. The van der Waals surface area contributed by atoms with Crippen molar-refractivity contribution in [2.45, 2.75) is 39.3 Å². The average Bonchev–Trinajstić information content (AvgIpc) is 3.40. The zero-order chi connectivity index (χ0) is 18.8. The molecule has 0 aliphatic carbocycles. The fourth-order valence-electron chi connectivity index (χ4n) is 3.51. The lowest BCUT2D eigenvalue weighted by atomic mass is 10.1. The van der Waals surface area contributed by atoms with Crippen LogP contribution in [-0.2, 0) is 6.54 Å². The van der Waals surface area contributed by atoms with Crippen LogP contribution in [0.25, 0.3) is 5.69 Å². The van der Waals surface area contributed by atoms with Crippen LogP contribution in [0.3, 0.4) is 0 Å². The van der Waals surface area contributed by atoms with Gasteiger partial charge in [0.15, 0.2) is 5.13 Å². The van der Waals surface area contributed by atoms with E-state index in [1.165, 1.54) is 29.9 Å². The molecule has 7 heteroatoms. The monoisotopic (exact) mass is 385 g/mol. The largest absolute Gasteiger partial charge is 0.348 e. The molecule has 1 fully saturated rings. The van der Waals surface area contributed by atoms with Crippen LogP contribution in [0.4, 0.5) is 9.52 Å². The highest BCUT2D eigenvalue weighted by atomic mass is 32.1. The minimum Gasteiger partial charge on any atom is -0.348 e. The second-order valence-electron chi connectivity index (χ2n) is 6.98. The third-order valence-corrected chi connectivity index (χ3v) is 6.13. The molecule has 0 spiro atoms. The van der Waals surface area contributed by atoms with Crippen molar-refractivity contribution < 1.29 is 4.39 Å². The molecule has 0 saturated carbocycles. The average molecular weight is 386 g/mol. The summed E-state index contributed by atoms with van der Waals surface area (Å²) in [6, 6.07) is 6.65. The molecule has 3 heterocycles. The van der Waals surface area contributed by atoms with Crippen LogP contribution in [0.2, 0.25) is 0 Å². The summed E-state index contributed by atoms with van der Waals surface area (Å²) >= 11 is 1.77. The Bertz CT molecular complexity index is 913. The summed E-state index contributed by atoms with van der Waals surface area (Å²) in [4.78, 5) is 8.17. The van der Waals surface area contributed by atoms with E-state index in [0.717, 1.165) is 41.7 Å². The molecule has 2 aromatic heterocycles. The zero-order valence-electron chi connectivity index (χ0n) is 15.7. The highest BCUT2D eigenvalue weighted by Gasteiger charge is 2.17. The second kappa shape index (κ2) is 7.78. The Hall–Kier alpha value is -2.25.